The van der Waals surface area contributed by atoms with E-state index < -0.39 is 60.3 Å². The molecule has 0 radical (unpaired) electrons. The van der Waals surface area contributed by atoms with Crippen molar-refractivity contribution < 1.29 is 43.9 Å². The lowest BCUT2D eigenvalue weighted by Gasteiger charge is -2.32. The maximum atomic E-state index is 12.1. The van der Waals surface area contributed by atoms with E-state index in [1.165, 1.54) is 0 Å². The molecule has 1 N–H and O–H groups in total. The summed E-state index contributed by atoms with van der Waals surface area (Å²) in [6.45, 7) is -2.85. The maximum Gasteiger partial charge on any atom is 0.294 e. The third-order valence-corrected chi connectivity index (χ3v) is 4.50. The molecule has 0 fully saturated rings. The van der Waals surface area contributed by atoms with Crippen LogP contribution in [0.4, 0.5) is 0 Å². The topological polar surface area (TPSA) is 194 Å². The molecule has 0 saturated heterocycles. The van der Waals surface area contributed by atoms with Gasteiger partial charge >= 0.3 is 0 Å². The minimum absolute atomic E-state index is 0.0967. The molecule has 15 nitrogen and oxygen atoms in total. The molecule has 26 heavy (non-hydrogen) atoms. The van der Waals surface area contributed by atoms with Gasteiger partial charge < -0.3 is 23.9 Å². The molecule has 16 heteroatoms. The number of carbonyl (C=O) groups excluding carboxylic acids is 1. The second-order valence-electron chi connectivity index (χ2n) is 6.39. The van der Waals surface area contributed by atoms with Crippen LogP contribution < -0.4 is 0 Å². The molecule has 0 saturated carbocycles. The van der Waals surface area contributed by atoms with Crippen LogP contribution in [-0.2, 0) is 19.3 Å². The minimum atomic E-state index is -2.45. The van der Waals surface area contributed by atoms with Gasteiger partial charge in [0.25, 0.3) is 15.3 Å². The number of rotatable bonds is 14. The van der Waals surface area contributed by atoms with Crippen LogP contribution in [0.2, 0.25) is 0 Å². The van der Waals surface area contributed by atoms with Gasteiger partial charge in [-0.3, -0.25) is 4.79 Å². The van der Waals surface area contributed by atoms with Crippen molar-refractivity contribution in [3.8, 4) is 0 Å². The van der Waals surface area contributed by atoms with Gasteiger partial charge in [-0.05, 0) is 0 Å². The zero-order valence-electron chi connectivity index (χ0n) is 14.3. The van der Waals surface area contributed by atoms with Crippen LogP contribution in [0, 0.1) is 35.8 Å². The first kappa shape index (κ1) is 23.6. The van der Waals surface area contributed by atoms with E-state index >= 15 is 0 Å². The van der Waals surface area contributed by atoms with E-state index in [1.807, 2.05) is 0 Å². The van der Waals surface area contributed by atoms with E-state index in [0.29, 0.717) is 0 Å². The normalized spacial score (nSPS) is 12.8. The van der Waals surface area contributed by atoms with Crippen LogP contribution in [0.25, 0.3) is 0 Å². The van der Waals surface area contributed by atoms with Crippen molar-refractivity contribution in [3.63, 3.8) is 0 Å². The summed E-state index contributed by atoms with van der Waals surface area (Å²) in [5.41, 5.74) is -2.48. The Morgan fingerprint density at radius 2 is 1.31 bits per heavy atom. The van der Waals surface area contributed by atoms with Crippen LogP contribution in [0.1, 0.15) is 0 Å². The monoisotopic (exact) mass is 403 g/mol. The van der Waals surface area contributed by atoms with Gasteiger partial charge in [-0.25, -0.2) is 0 Å². The van der Waals surface area contributed by atoms with Crippen LogP contribution in [0.5, 0.6) is 0 Å². The van der Waals surface area contributed by atoms with Gasteiger partial charge in [0.2, 0.25) is 5.52 Å². The van der Waals surface area contributed by atoms with Gasteiger partial charge in [0, 0.05) is 11.6 Å². The molecular weight excluding hydrogens is 383 g/mol. The first-order valence-corrected chi connectivity index (χ1v) is 8.36. The van der Waals surface area contributed by atoms with Gasteiger partial charge in [-0.1, -0.05) is 0 Å². The van der Waals surface area contributed by atoms with Crippen molar-refractivity contribution in [1.82, 2.24) is 0 Å². The molecular formula is C10H20N4O11P+. The zero-order chi connectivity index (χ0) is 20.5. The van der Waals surface area contributed by atoms with Crippen molar-refractivity contribution in [2.24, 2.45) is 5.41 Å². The fraction of sp³-hybridized carbons (Fsp3) is 0.900. The molecule has 0 aliphatic carbocycles. The molecule has 150 valence electrons. The highest BCUT2D eigenvalue weighted by Gasteiger charge is 2.40. The molecule has 1 atom stereocenters. The molecule has 0 aliphatic rings. The maximum absolute atomic E-state index is 12.1. The van der Waals surface area contributed by atoms with E-state index in [9.17, 15) is 40.0 Å². The number of hydrogen-bond donors (Lipinski definition) is 1. The van der Waals surface area contributed by atoms with Gasteiger partial charge in [-0.2, -0.15) is 0 Å². The summed E-state index contributed by atoms with van der Waals surface area (Å²) < 4.78 is 0.174. The molecule has 0 aliphatic heterocycles. The average Bonchev–Trinajstić information content (AvgIpc) is 2.46. The Kier molecular flexibility index (Phi) is 9.03. The third kappa shape index (κ3) is 10.5. The lowest BCUT2D eigenvalue weighted by molar-refractivity contribution is -0.861. The highest BCUT2D eigenvalue weighted by atomic mass is 31.1. The highest BCUT2D eigenvalue weighted by Crippen LogP contribution is 2.40. The summed E-state index contributed by atoms with van der Waals surface area (Å²) >= 11 is 0. The quantitative estimate of drug-likeness (QED) is 0.165. The summed E-state index contributed by atoms with van der Waals surface area (Å²) in [6.07, 6.45) is -0.587. The lowest BCUT2D eigenvalue weighted by atomic mass is 9.94. The number of likely N-dealkylation sites (N-methyl/N-ethyl adjacent to an activating group) is 1. The van der Waals surface area contributed by atoms with E-state index in [-0.39, 0.29) is 11.0 Å². The second-order valence-corrected chi connectivity index (χ2v) is 8.01. The van der Waals surface area contributed by atoms with Crippen LogP contribution in [0.15, 0.2) is 0 Å². The largest absolute Gasteiger partial charge is 0.366 e. The molecule has 0 spiro atoms. The fourth-order valence-electron chi connectivity index (χ4n) is 1.72. The van der Waals surface area contributed by atoms with Gasteiger partial charge in [0.1, 0.15) is 34.5 Å². The van der Waals surface area contributed by atoms with Crippen molar-refractivity contribution >= 4 is 13.7 Å². The molecule has 1 unspecified atom stereocenters. The molecule has 0 heterocycles. The van der Waals surface area contributed by atoms with Crippen LogP contribution in [-0.4, -0.2) is 83.8 Å². The Balaban J connectivity index is 5.43. The van der Waals surface area contributed by atoms with Crippen molar-refractivity contribution in [3.05, 3.63) is 30.3 Å². The smallest absolute Gasteiger partial charge is 0.294 e. The average molecular weight is 403 g/mol. The van der Waals surface area contributed by atoms with E-state index in [4.69, 9.17) is 0 Å². The SMILES string of the molecule is C[N+](C)(C)CC(=O)P(O)CC(CO[N+](=O)[O-])(CO[N+](=O)[O-])CO[N+](=O)[O-]. The van der Waals surface area contributed by atoms with Crippen LogP contribution in [0.3, 0.4) is 0 Å². The summed E-state index contributed by atoms with van der Waals surface area (Å²) in [5, 5.41) is 27.6. The predicted octanol–water partition coefficient (Wildman–Crippen LogP) is -0.780. The number of quaternary nitrogens is 1. The van der Waals surface area contributed by atoms with Crippen molar-refractivity contribution in [1.29, 1.82) is 0 Å². The van der Waals surface area contributed by atoms with E-state index in [0.717, 1.165) is 0 Å². The Labute approximate surface area is 148 Å². The Morgan fingerprint density at radius 3 is 1.58 bits per heavy atom. The lowest BCUT2D eigenvalue weighted by Crippen LogP contribution is -2.44. The molecule has 0 amide bonds. The summed E-state index contributed by atoms with van der Waals surface area (Å²) in [4.78, 5) is 66.0. The van der Waals surface area contributed by atoms with Crippen molar-refractivity contribution in [2.45, 2.75) is 0 Å². The number of carbonyl (C=O) groups is 1. The predicted molar refractivity (Wildman–Crippen MR) is 83.2 cm³/mol. The summed E-state index contributed by atoms with van der Waals surface area (Å²) in [5.74, 6) is 0. The first-order chi connectivity index (χ1) is 11.8. The second kappa shape index (κ2) is 9.94. The molecule has 0 aromatic rings. The first-order valence-electron chi connectivity index (χ1n) is 6.88. The Hall–Kier alpha value is -2.38. The zero-order valence-corrected chi connectivity index (χ0v) is 15.2. The molecule has 0 aromatic heterocycles. The number of nitrogens with zero attached hydrogens (tertiary/aromatic N) is 4. The highest BCUT2D eigenvalue weighted by molar-refractivity contribution is 7.69. The minimum Gasteiger partial charge on any atom is -0.366 e. The van der Waals surface area contributed by atoms with E-state index in [1.54, 1.807) is 21.1 Å². The fourth-order valence-corrected chi connectivity index (χ4v) is 3.40. The standard InChI is InChI=1S/C10H20N4O11P/c1-14(2,3)4-9(15)26(22)8-10(5-23-11(16)17,6-24-12(18)19)7-25-13(20)21/h22H,4-8H2,1-3H3/q+1. The van der Waals surface area contributed by atoms with E-state index in [2.05, 4.69) is 14.5 Å². The van der Waals surface area contributed by atoms with Gasteiger partial charge in [0.15, 0.2) is 0 Å². The Morgan fingerprint density at radius 1 is 0.962 bits per heavy atom. The summed E-state index contributed by atoms with van der Waals surface area (Å²) in [6, 6.07) is 0. The molecule has 0 rings (SSSR count). The molecule has 0 aromatic carbocycles. The third-order valence-electron chi connectivity index (χ3n) is 2.81. The van der Waals surface area contributed by atoms with Crippen molar-refractivity contribution in [2.75, 3.05) is 53.7 Å². The van der Waals surface area contributed by atoms with Gasteiger partial charge in [-0.15, -0.1) is 30.3 Å². The summed E-state index contributed by atoms with van der Waals surface area (Å²) in [7, 11) is 2.58. The molecule has 0 bridgehead atoms. The van der Waals surface area contributed by atoms with Gasteiger partial charge in [0.05, 0.1) is 21.1 Å². The Bertz CT molecular complexity index is 492. The van der Waals surface area contributed by atoms with Crippen LogP contribution >= 0.6 is 8.15 Å². The number of hydrogen-bond acceptors (Lipinski definition) is 11.